The van der Waals surface area contributed by atoms with Gasteiger partial charge in [-0.2, -0.15) is 0 Å². The van der Waals surface area contributed by atoms with Gasteiger partial charge in [-0.1, -0.05) is 0 Å². The molecule has 11 heteroatoms. The summed E-state index contributed by atoms with van der Waals surface area (Å²) < 4.78 is 23.7. The molecule has 0 atom stereocenters. The van der Waals surface area contributed by atoms with Gasteiger partial charge in [0.2, 0.25) is 5.91 Å². The summed E-state index contributed by atoms with van der Waals surface area (Å²) in [7, 11) is 1.52. The van der Waals surface area contributed by atoms with Gasteiger partial charge < -0.3 is 23.8 Å². The van der Waals surface area contributed by atoms with Crippen LogP contribution in [0.25, 0.3) is 11.0 Å². The third-order valence-corrected chi connectivity index (χ3v) is 7.18. The summed E-state index contributed by atoms with van der Waals surface area (Å²) in [5.41, 5.74) is 0.860. The van der Waals surface area contributed by atoms with Gasteiger partial charge in [-0.25, -0.2) is 4.79 Å². The Labute approximate surface area is 212 Å². The zero-order valence-corrected chi connectivity index (χ0v) is 20.3. The van der Waals surface area contributed by atoms with E-state index >= 15 is 0 Å². The second kappa shape index (κ2) is 8.99. The highest BCUT2D eigenvalue weighted by Gasteiger charge is 2.48. The molecule has 37 heavy (non-hydrogen) atoms. The van der Waals surface area contributed by atoms with Crippen molar-refractivity contribution in [3.63, 3.8) is 0 Å². The van der Waals surface area contributed by atoms with Crippen molar-refractivity contribution in [3.8, 4) is 17.2 Å². The normalized spacial score (nSPS) is 18.2. The van der Waals surface area contributed by atoms with Crippen LogP contribution in [-0.2, 0) is 16.1 Å². The molecule has 3 aliphatic rings. The van der Waals surface area contributed by atoms with Crippen LogP contribution in [0.1, 0.15) is 12.8 Å². The van der Waals surface area contributed by atoms with Gasteiger partial charge in [0.15, 0.2) is 11.5 Å². The molecule has 3 aromatic rings. The Morgan fingerprint density at radius 2 is 1.84 bits per heavy atom. The van der Waals surface area contributed by atoms with Gasteiger partial charge in [0.25, 0.3) is 5.56 Å². The van der Waals surface area contributed by atoms with Gasteiger partial charge in [-0.3, -0.25) is 24.0 Å². The third kappa shape index (κ3) is 4.20. The molecule has 6 rings (SSSR count). The zero-order chi connectivity index (χ0) is 25.6. The van der Waals surface area contributed by atoms with Crippen LogP contribution in [0.3, 0.4) is 0 Å². The van der Waals surface area contributed by atoms with Crippen LogP contribution in [0.5, 0.6) is 17.2 Å². The Hall–Kier alpha value is -4.28. The number of piperidine rings is 1. The Morgan fingerprint density at radius 1 is 1.05 bits per heavy atom. The molecule has 0 N–H and O–H groups in total. The number of aromatic nitrogens is 2. The van der Waals surface area contributed by atoms with E-state index in [0.717, 1.165) is 0 Å². The number of nitrogens with zero attached hydrogens (tertiary/aromatic N) is 4. The van der Waals surface area contributed by atoms with Crippen LogP contribution >= 0.6 is 0 Å². The Morgan fingerprint density at radius 3 is 2.62 bits per heavy atom. The molecule has 5 heterocycles. The van der Waals surface area contributed by atoms with E-state index in [9.17, 15) is 14.4 Å². The molecular formula is C26H26N4O7. The van der Waals surface area contributed by atoms with Gasteiger partial charge in [0.1, 0.15) is 31.1 Å². The molecule has 2 aromatic heterocycles. The predicted molar refractivity (Wildman–Crippen MR) is 132 cm³/mol. The number of methoxy groups -OCH3 is 1. The predicted octanol–water partition coefficient (Wildman–Crippen LogP) is 2.19. The molecule has 3 aliphatic heterocycles. The molecule has 0 aliphatic carbocycles. The number of hydrogen-bond donors (Lipinski definition) is 0. The van der Waals surface area contributed by atoms with Gasteiger partial charge >= 0.3 is 6.09 Å². The van der Waals surface area contributed by atoms with E-state index in [-0.39, 0.29) is 18.0 Å². The standard InChI is InChI=1S/C26H26N4O7/c1-34-18-13-20-19(27-14-18)3-5-23(31)29(20)15-24(32)28-8-6-26(7-9-28)16-30(25(33)37-26)17-2-4-21-22(12-17)36-11-10-35-21/h2-5,12-14H,6-11,15-16H2,1H3. The average Bonchev–Trinajstić information content (AvgIpc) is 3.25. The number of hydrogen-bond acceptors (Lipinski definition) is 8. The van der Waals surface area contributed by atoms with Crippen molar-refractivity contribution >= 4 is 28.7 Å². The van der Waals surface area contributed by atoms with Crippen molar-refractivity contribution in [1.29, 1.82) is 0 Å². The minimum Gasteiger partial charge on any atom is -0.495 e. The first kappa shape index (κ1) is 23.1. The van der Waals surface area contributed by atoms with E-state index in [4.69, 9.17) is 18.9 Å². The van der Waals surface area contributed by atoms with E-state index < -0.39 is 11.7 Å². The van der Waals surface area contributed by atoms with E-state index in [1.165, 1.54) is 17.7 Å². The number of likely N-dealkylation sites (tertiary alicyclic amines) is 1. The van der Waals surface area contributed by atoms with E-state index in [1.54, 1.807) is 40.3 Å². The number of carbonyl (C=O) groups excluding carboxylic acids is 2. The van der Waals surface area contributed by atoms with Crippen LogP contribution in [0.15, 0.2) is 47.4 Å². The number of fused-ring (bicyclic) bond motifs is 2. The summed E-state index contributed by atoms with van der Waals surface area (Å²) in [5.74, 6) is 1.59. The maximum absolute atomic E-state index is 13.2. The summed E-state index contributed by atoms with van der Waals surface area (Å²) in [6.07, 6.45) is 2.16. The lowest BCUT2D eigenvalue weighted by Gasteiger charge is -2.37. The average molecular weight is 507 g/mol. The van der Waals surface area contributed by atoms with Crippen LogP contribution in [0.4, 0.5) is 10.5 Å². The monoisotopic (exact) mass is 506 g/mol. The van der Waals surface area contributed by atoms with Crippen molar-refractivity contribution < 1.29 is 28.5 Å². The van der Waals surface area contributed by atoms with Gasteiger partial charge in [-0.15, -0.1) is 0 Å². The fourth-order valence-electron chi connectivity index (χ4n) is 5.10. The molecule has 0 radical (unpaired) electrons. The molecule has 1 spiro atoms. The molecular weight excluding hydrogens is 480 g/mol. The molecule has 11 nitrogen and oxygen atoms in total. The molecule has 0 unspecified atom stereocenters. The smallest absolute Gasteiger partial charge is 0.415 e. The topological polar surface area (TPSA) is 112 Å². The molecule has 0 bridgehead atoms. The van der Waals surface area contributed by atoms with Gasteiger partial charge in [-0.05, 0) is 18.2 Å². The first-order chi connectivity index (χ1) is 17.9. The first-order valence-electron chi connectivity index (χ1n) is 12.2. The van der Waals surface area contributed by atoms with Crippen molar-refractivity contribution in [2.75, 3.05) is 44.9 Å². The summed E-state index contributed by atoms with van der Waals surface area (Å²) >= 11 is 0. The zero-order valence-electron chi connectivity index (χ0n) is 20.3. The maximum atomic E-state index is 13.2. The van der Waals surface area contributed by atoms with Crippen molar-refractivity contribution in [1.82, 2.24) is 14.5 Å². The molecule has 2 saturated heterocycles. The molecule has 0 saturated carbocycles. The second-order valence-electron chi connectivity index (χ2n) is 9.38. The number of ether oxygens (including phenoxy) is 4. The Kier molecular flexibility index (Phi) is 5.62. The number of pyridine rings is 2. The lowest BCUT2D eigenvalue weighted by molar-refractivity contribution is -0.135. The van der Waals surface area contributed by atoms with Crippen LogP contribution < -0.4 is 24.7 Å². The van der Waals surface area contributed by atoms with Gasteiger partial charge in [0.05, 0.1) is 36.6 Å². The minimum atomic E-state index is -0.672. The number of benzene rings is 1. The van der Waals surface area contributed by atoms with E-state index in [0.29, 0.717) is 79.7 Å². The third-order valence-electron chi connectivity index (χ3n) is 7.18. The van der Waals surface area contributed by atoms with Gasteiger partial charge in [0, 0.05) is 44.1 Å². The maximum Gasteiger partial charge on any atom is 0.415 e. The Bertz CT molecular complexity index is 1440. The fraction of sp³-hybridized carbons (Fsp3) is 0.385. The highest BCUT2D eigenvalue weighted by Crippen LogP contribution is 2.39. The fourth-order valence-corrected chi connectivity index (χ4v) is 5.10. The van der Waals surface area contributed by atoms with Crippen LogP contribution in [0, 0.1) is 0 Å². The lowest BCUT2D eigenvalue weighted by atomic mass is 9.91. The van der Waals surface area contributed by atoms with Crippen molar-refractivity contribution in [2.24, 2.45) is 0 Å². The molecule has 2 fully saturated rings. The summed E-state index contributed by atoms with van der Waals surface area (Å²) in [6.45, 7) is 2.08. The molecule has 1 aromatic carbocycles. The second-order valence-corrected chi connectivity index (χ2v) is 9.38. The largest absolute Gasteiger partial charge is 0.495 e. The number of rotatable bonds is 4. The highest BCUT2D eigenvalue weighted by molar-refractivity contribution is 5.91. The lowest BCUT2D eigenvalue weighted by Crippen LogP contribution is -2.49. The SMILES string of the molecule is COc1cnc2ccc(=O)n(CC(=O)N3CCC4(CC3)CN(c3ccc5c(c3)OCCO5)C(=O)O4)c2c1. The Balaban J connectivity index is 1.14. The number of carbonyl (C=O) groups is 2. The van der Waals surface area contributed by atoms with Crippen molar-refractivity contribution in [2.45, 2.75) is 25.0 Å². The number of anilines is 1. The molecule has 192 valence electrons. The van der Waals surface area contributed by atoms with E-state index in [1.807, 2.05) is 6.07 Å². The van der Waals surface area contributed by atoms with Crippen LogP contribution in [-0.4, -0.2) is 72.0 Å². The number of amides is 2. The van der Waals surface area contributed by atoms with E-state index in [2.05, 4.69) is 4.98 Å². The quantitative estimate of drug-likeness (QED) is 0.529. The summed E-state index contributed by atoms with van der Waals surface area (Å²) in [5, 5.41) is 0. The summed E-state index contributed by atoms with van der Waals surface area (Å²) in [4.78, 5) is 46.2. The van der Waals surface area contributed by atoms with Crippen LogP contribution in [0.2, 0.25) is 0 Å². The van der Waals surface area contributed by atoms with Crippen molar-refractivity contribution in [3.05, 3.63) is 52.9 Å². The highest BCUT2D eigenvalue weighted by atomic mass is 16.6. The summed E-state index contributed by atoms with van der Waals surface area (Å²) in [6, 6.07) is 10.1. The first-order valence-corrected chi connectivity index (χ1v) is 12.2. The minimum absolute atomic E-state index is 0.110. The molecule has 2 amide bonds.